The highest BCUT2D eigenvalue weighted by Gasteiger charge is 2.63. The van der Waals surface area contributed by atoms with Gasteiger partial charge in [-0.1, -0.05) is 72.8 Å². The molecule has 14 nitrogen and oxygen atoms in total. The number of nitrogens with zero attached hydrogens (tertiary/aromatic N) is 2. The van der Waals surface area contributed by atoms with Crippen LogP contribution in [0, 0.1) is 0 Å². The first kappa shape index (κ1) is 42.5. The number of rotatable bonds is 12. The molecule has 4 aromatic carbocycles. The van der Waals surface area contributed by atoms with Crippen LogP contribution in [0.4, 0.5) is 4.79 Å². The smallest absolute Gasteiger partial charge is 0.410 e. The van der Waals surface area contributed by atoms with E-state index in [9.17, 15) is 29.1 Å². The van der Waals surface area contributed by atoms with Crippen molar-refractivity contribution in [3.05, 3.63) is 144 Å². The van der Waals surface area contributed by atoms with E-state index in [4.69, 9.17) is 28.4 Å². The van der Waals surface area contributed by atoms with Crippen LogP contribution >= 0.6 is 0 Å². The average molecular weight is 809 g/mol. The minimum Gasteiger partial charge on any atom is -0.459 e. The number of aliphatic hydroxyl groups excluding tert-OH is 1. The van der Waals surface area contributed by atoms with Crippen LogP contribution in [0.2, 0.25) is 0 Å². The van der Waals surface area contributed by atoms with Crippen molar-refractivity contribution in [1.82, 2.24) is 9.80 Å². The number of aliphatic hydroxyl groups is 1. The molecule has 4 aromatic rings. The molecule has 2 heterocycles. The third-order valence-electron chi connectivity index (χ3n) is 9.89. The van der Waals surface area contributed by atoms with Gasteiger partial charge in [-0.15, -0.1) is 0 Å². The van der Waals surface area contributed by atoms with Gasteiger partial charge in [0.1, 0.15) is 18.3 Å². The van der Waals surface area contributed by atoms with Gasteiger partial charge in [0, 0.05) is 39.1 Å². The number of piperazine rings is 1. The van der Waals surface area contributed by atoms with E-state index >= 15 is 0 Å². The summed E-state index contributed by atoms with van der Waals surface area (Å²) in [5, 5.41) is 12.2. The van der Waals surface area contributed by atoms with Crippen molar-refractivity contribution >= 4 is 30.0 Å². The largest absolute Gasteiger partial charge is 0.459 e. The van der Waals surface area contributed by atoms with Crippen LogP contribution in [0.25, 0.3) is 0 Å². The molecular weight excluding hydrogens is 760 g/mol. The summed E-state index contributed by atoms with van der Waals surface area (Å²) in [6.07, 6.45) is -7.45. The predicted molar refractivity (Wildman–Crippen MR) is 212 cm³/mol. The third kappa shape index (κ3) is 10.9. The maximum absolute atomic E-state index is 14.1. The van der Waals surface area contributed by atoms with Gasteiger partial charge in [0.05, 0.1) is 22.3 Å². The first-order chi connectivity index (χ1) is 28.3. The van der Waals surface area contributed by atoms with Crippen LogP contribution in [0.3, 0.4) is 0 Å². The average Bonchev–Trinajstić information content (AvgIpc) is 3.25. The molecule has 59 heavy (non-hydrogen) atoms. The van der Waals surface area contributed by atoms with Crippen molar-refractivity contribution in [3.63, 3.8) is 0 Å². The third-order valence-corrected chi connectivity index (χ3v) is 9.89. The molecule has 1 N–H and O–H groups in total. The number of amides is 1. The van der Waals surface area contributed by atoms with E-state index in [0.29, 0.717) is 26.2 Å². The van der Waals surface area contributed by atoms with Gasteiger partial charge >= 0.3 is 30.0 Å². The van der Waals surface area contributed by atoms with E-state index in [-0.39, 0.29) is 35.2 Å². The van der Waals surface area contributed by atoms with Gasteiger partial charge in [0.2, 0.25) is 5.60 Å². The topological polar surface area (TPSA) is 167 Å². The summed E-state index contributed by atoms with van der Waals surface area (Å²) < 4.78 is 36.0. The summed E-state index contributed by atoms with van der Waals surface area (Å²) in [6.45, 7) is 6.36. The minimum absolute atomic E-state index is 0.120. The molecule has 0 aromatic heterocycles. The van der Waals surface area contributed by atoms with Gasteiger partial charge in [0.25, 0.3) is 0 Å². The Morgan fingerprint density at radius 3 is 1.61 bits per heavy atom. The number of hydrogen-bond donors (Lipinski definition) is 1. The first-order valence-corrected chi connectivity index (χ1v) is 19.4. The van der Waals surface area contributed by atoms with Crippen molar-refractivity contribution in [2.75, 3.05) is 39.3 Å². The number of benzene rings is 4. The normalized spacial score (nSPS) is 22.1. The summed E-state index contributed by atoms with van der Waals surface area (Å²) in [5.74, 6) is -3.34. The second-order valence-electron chi connectivity index (χ2n) is 15.2. The fourth-order valence-electron chi connectivity index (χ4n) is 6.79. The SMILES string of the molecule is CC(C)(C)OC(=O)N1CCN(CC[C@]2(OC(=O)c3ccccc3)[C@@H](O)O[C@H](COC(=O)c3ccccc3)[C@@H](OC(=O)c3ccccc3)[C@@H]2OC(=O)c2ccccc2)CC1. The number of carbonyl (C=O) groups excluding carboxylic acids is 5. The first-order valence-electron chi connectivity index (χ1n) is 19.4. The fourth-order valence-corrected chi connectivity index (χ4v) is 6.79. The fraction of sp³-hybridized carbons (Fsp3) is 0.356. The van der Waals surface area contributed by atoms with Gasteiger partial charge < -0.3 is 38.4 Å². The summed E-state index contributed by atoms with van der Waals surface area (Å²) in [6, 6.07) is 32.2. The molecule has 1 amide bonds. The standard InChI is InChI=1S/C45H48N2O12/c1-44(2,3)59-43(53)47-28-26-46(27-29-47)25-24-45(58-41(51)34-22-14-7-15-23-34)37(57-40(50)33-20-12-6-13-21-33)36(56-39(49)32-18-10-5-11-19-32)35(55-42(45)52)30-54-38(48)31-16-8-4-9-17-31/h4-23,35-37,42,52H,24-30H2,1-3H3/t35-,36-,37+,42+,45-/m1/s1. The minimum atomic E-state index is -2.22. The lowest BCUT2D eigenvalue weighted by molar-refractivity contribution is -0.327. The highest BCUT2D eigenvalue weighted by atomic mass is 16.7. The molecule has 0 bridgehead atoms. The van der Waals surface area contributed by atoms with E-state index in [1.165, 1.54) is 36.4 Å². The molecule has 5 atom stereocenters. The lowest BCUT2D eigenvalue weighted by atomic mass is 9.82. The Labute approximate surface area is 342 Å². The molecular formula is C45H48N2O12. The molecule has 2 aliphatic heterocycles. The van der Waals surface area contributed by atoms with Crippen LogP contribution in [0.1, 0.15) is 68.6 Å². The summed E-state index contributed by atoms with van der Waals surface area (Å²) in [4.78, 5) is 71.6. The van der Waals surface area contributed by atoms with Gasteiger partial charge in [-0.05, 0) is 69.3 Å². The van der Waals surface area contributed by atoms with E-state index in [1.54, 1.807) is 111 Å². The Bertz CT molecular complexity index is 2040. The quantitative estimate of drug-likeness (QED) is 0.140. The van der Waals surface area contributed by atoms with Crippen molar-refractivity contribution in [1.29, 1.82) is 0 Å². The van der Waals surface area contributed by atoms with E-state index in [1.807, 2.05) is 4.90 Å². The van der Waals surface area contributed by atoms with E-state index < -0.39 is 72.4 Å². The second kappa shape index (κ2) is 19.1. The van der Waals surface area contributed by atoms with Crippen LogP contribution in [0.15, 0.2) is 121 Å². The van der Waals surface area contributed by atoms with Crippen molar-refractivity contribution in [2.24, 2.45) is 0 Å². The highest BCUT2D eigenvalue weighted by molar-refractivity contribution is 5.92. The maximum Gasteiger partial charge on any atom is 0.410 e. The zero-order valence-corrected chi connectivity index (χ0v) is 33.1. The molecule has 0 aliphatic carbocycles. The van der Waals surface area contributed by atoms with E-state index in [0.717, 1.165) is 0 Å². The molecule has 6 rings (SSSR count). The van der Waals surface area contributed by atoms with Crippen LogP contribution < -0.4 is 0 Å². The zero-order valence-electron chi connectivity index (χ0n) is 33.1. The van der Waals surface area contributed by atoms with Crippen LogP contribution in [-0.4, -0.2) is 120 Å². The summed E-state index contributed by atoms with van der Waals surface area (Å²) in [5.41, 5.74) is -2.29. The Morgan fingerprint density at radius 1 is 0.661 bits per heavy atom. The maximum atomic E-state index is 14.1. The summed E-state index contributed by atoms with van der Waals surface area (Å²) in [7, 11) is 0. The van der Waals surface area contributed by atoms with Crippen LogP contribution in [-0.2, 0) is 28.4 Å². The number of esters is 4. The Kier molecular flexibility index (Phi) is 13.8. The second-order valence-corrected chi connectivity index (χ2v) is 15.2. The highest BCUT2D eigenvalue weighted by Crippen LogP contribution is 2.40. The van der Waals surface area contributed by atoms with Crippen molar-refractivity contribution in [3.8, 4) is 0 Å². The Morgan fingerprint density at radius 2 is 1.12 bits per heavy atom. The van der Waals surface area contributed by atoms with Crippen molar-refractivity contribution in [2.45, 2.75) is 63.0 Å². The molecule has 0 unspecified atom stereocenters. The monoisotopic (exact) mass is 808 g/mol. The van der Waals surface area contributed by atoms with Gasteiger partial charge in [-0.3, -0.25) is 4.90 Å². The molecule has 0 radical (unpaired) electrons. The lowest BCUT2D eigenvalue weighted by Gasteiger charge is -2.51. The molecule has 0 saturated carbocycles. The number of carbonyl (C=O) groups is 5. The number of hydrogen-bond acceptors (Lipinski definition) is 13. The molecule has 14 heteroatoms. The Balaban J connectivity index is 1.38. The molecule has 0 spiro atoms. The van der Waals surface area contributed by atoms with E-state index in [2.05, 4.69) is 0 Å². The van der Waals surface area contributed by atoms with Gasteiger partial charge in [-0.25, -0.2) is 24.0 Å². The lowest BCUT2D eigenvalue weighted by Crippen LogP contribution is -2.70. The molecule has 2 saturated heterocycles. The zero-order chi connectivity index (χ0) is 42.0. The molecule has 2 fully saturated rings. The Hall–Kier alpha value is -6.09. The predicted octanol–water partition coefficient (Wildman–Crippen LogP) is 5.55. The van der Waals surface area contributed by atoms with Gasteiger partial charge in [0.15, 0.2) is 18.5 Å². The van der Waals surface area contributed by atoms with Gasteiger partial charge in [-0.2, -0.15) is 0 Å². The molecule has 2 aliphatic rings. The summed E-state index contributed by atoms with van der Waals surface area (Å²) >= 11 is 0. The molecule has 310 valence electrons. The number of ether oxygens (including phenoxy) is 6. The van der Waals surface area contributed by atoms with Crippen LogP contribution in [0.5, 0.6) is 0 Å². The van der Waals surface area contributed by atoms with Crippen molar-refractivity contribution < 1.29 is 57.5 Å².